The number of nitrogens with one attached hydrogen (secondary N) is 2. The molecule has 110 valence electrons. The van der Waals surface area contributed by atoms with E-state index in [9.17, 15) is 19.2 Å². The Bertz CT molecular complexity index is 820. The Morgan fingerprint density at radius 2 is 2.00 bits per heavy atom. The maximum atomic E-state index is 12.3. The number of rotatable bonds is 4. The van der Waals surface area contributed by atoms with Crippen LogP contribution in [-0.4, -0.2) is 33.1 Å². The fourth-order valence-electron chi connectivity index (χ4n) is 1.96. The summed E-state index contributed by atoms with van der Waals surface area (Å²) < 4.78 is 0.763. The highest BCUT2D eigenvalue weighted by molar-refractivity contribution is 5.84. The molecule has 0 aliphatic carbocycles. The van der Waals surface area contributed by atoms with Crippen molar-refractivity contribution in [2.75, 3.05) is 6.54 Å². The number of fused-ring (bicyclic) bond motifs is 1. The fraction of sp³-hybridized carbons (Fsp3) is 0.231. The Morgan fingerprint density at radius 3 is 2.67 bits per heavy atom. The molecule has 0 saturated heterocycles. The Balaban J connectivity index is 2.46. The van der Waals surface area contributed by atoms with Crippen molar-refractivity contribution < 1.29 is 14.7 Å². The van der Waals surface area contributed by atoms with Crippen molar-refractivity contribution in [2.45, 2.75) is 13.0 Å². The molecular weight excluding hydrogens is 278 g/mol. The van der Waals surface area contributed by atoms with Gasteiger partial charge in [-0.25, -0.2) is 9.36 Å². The molecule has 1 heterocycles. The summed E-state index contributed by atoms with van der Waals surface area (Å²) in [4.78, 5) is 49.0. The first-order chi connectivity index (χ1) is 9.91. The monoisotopic (exact) mass is 291 g/mol. The number of benzene rings is 1. The van der Waals surface area contributed by atoms with Gasteiger partial charge in [-0.1, -0.05) is 12.1 Å². The summed E-state index contributed by atoms with van der Waals surface area (Å²) in [6.07, 6.45) is 0. The van der Waals surface area contributed by atoms with Crippen LogP contribution in [0.4, 0.5) is 0 Å². The second-order valence-corrected chi connectivity index (χ2v) is 4.44. The maximum absolute atomic E-state index is 12.3. The third kappa shape index (κ3) is 2.83. The van der Waals surface area contributed by atoms with Crippen LogP contribution in [0.15, 0.2) is 33.9 Å². The van der Waals surface area contributed by atoms with Gasteiger partial charge in [-0.2, -0.15) is 0 Å². The average Bonchev–Trinajstić information content (AvgIpc) is 2.44. The minimum atomic E-state index is -1.21. The van der Waals surface area contributed by atoms with E-state index < -0.39 is 35.7 Å². The normalized spacial score (nSPS) is 12.0. The molecule has 2 aromatic rings. The molecule has 0 aliphatic heterocycles. The summed E-state index contributed by atoms with van der Waals surface area (Å²) in [7, 11) is 0. The van der Waals surface area contributed by atoms with Crippen LogP contribution in [0.2, 0.25) is 0 Å². The molecule has 8 heteroatoms. The van der Waals surface area contributed by atoms with E-state index in [2.05, 4.69) is 10.3 Å². The van der Waals surface area contributed by atoms with Crippen LogP contribution in [0.25, 0.3) is 10.9 Å². The zero-order valence-electron chi connectivity index (χ0n) is 11.1. The number of carbonyl (C=O) groups is 2. The van der Waals surface area contributed by atoms with Crippen molar-refractivity contribution >= 4 is 22.8 Å². The summed E-state index contributed by atoms with van der Waals surface area (Å²) in [5.74, 6) is -1.93. The third-order valence-electron chi connectivity index (χ3n) is 3.02. The summed E-state index contributed by atoms with van der Waals surface area (Å²) >= 11 is 0. The number of para-hydroxylation sites is 1. The lowest BCUT2D eigenvalue weighted by Crippen LogP contribution is -2.44. The number of aromatic amines is 1. The summed E-state index contributed by atoms with van der Waals surface area (Å²) in [6, 6.07) is 5.31. The zero-order chi connectivity index (χ0) is 15.6. The molecule has 0 aliphatic rings. The molecule has 21 heavy (non-hydrogen) atoms. The standard InChI is InChI=1S/C13H13N3O5/c1-7(11(19)14-6-10(17)18)16-12(20)8-4-2-3-5-9(8)15-13(16)21/h2-5,7H,6H2,1H3,(H,14,19)(H,15,21)(H,17,18). The number of hydrogen-bond acceptors (Lipinski definition) is 4. The molecule has 0 fully saturated rings. The maximum Gasteiger partial charge on any atom is 0.329 e. The van der Waals surface area contributed by atoms with Crippen molar-refractivity contribution in [3.05, 3.63) is 45.1 Å². The first kappa shape index (κ1) is 14.5. The topological polar surface area (TPSA) is 121 Å². The van der Waals surface area contributed by atoms with E-state index in [1.54, 1.807) is 18.2 Å². The predicted octanol–water partition coefficient (Wildman–Crippen LogP) is -0.548. The van der Waals surface area contributed by atoms with Crippen molar-refractivity contribution in [1.29, 1.82) is 0 Å². The van der Waals surface area contributed by atoms with Gasteiger partial charge in [-0.15, -0.1) is 0 Å². The Morgan fingerprint density at radius 1 is 1.33 bits per heavy atom. The molecule has 1 atom stereocenters. The SMILES string of the molecule is CC(C(=O)NCC(=O)O)n1c(=O)[nH]c2ccccc2c1=O. The van der Waals surface area contributed by atoms with Crippen molar-refractivity contribution in [1.82, 2.24) is 14.9 Å². The Hall–Kier alpha value is -2.90. The molecule has 1 aromatic carbocycles. The lowest BCUT2D eigenvalue weighted by Gasteiger charge is -2.13. The second-order valence-electron chi connectivity index (χ2n) is 4.44. The van der Waals surface area contributed by atoms with Crippen molar-refractivity contribution in [2.24, 2.45) is 0 Å². The molecule has 3 N–H and O–H groups in total. The minimum Gasteiger partial charge on any atom is -0.480 e. The summed E-state index contributed by atoms with van der Waals surface area (Å²) in [5.41, 5.74) is -0.953. The summed E-state index contributed by atoms with van der Waals surface area (Å²) in [5, 5.41) is 10.9. The number of aliphatic carboxylic acids is 1. The Labute approximate surface area is 118 Å². The first-order valence-electron chi connectivity index (χ1n) is 6.15. The predicted molar refractivity (Wildman–Crippen MR) is 74.2 cm³/mol. The van der Waals surface area contributed by atoms with Crippen LogP contribution in [-0.2, 0) is 9.59 Å². The largest absolute Gasteiger partial charge is 0.480 e. The molecule has 0 radical (unpaired) electrons. The molecular formula is C13H13N3O5. The molecule has 0 bridgehead atoms. The fourth-order valence-corrected chi connectivity index (χ4v) is 1.96. The van der Waals surface area contributed by atoms with Gasteiger partial charge in [0.15, 0.2) is 0 Å². The number of H-pyrrole nitrogens is 1. The smallest absolute Gasteiger partial charge is 0.329 e. The van der Waals surface area contributed by atoms with Gasteiger partial charge in [0.25, 0.3) is 5.56 Å². The average molecular weight is 291 g/mol. The van der Waals surface area contributed by atoms with Crippen molar-refractivity contribution in [3.8, 4) is 0 Å². The molecule has 1 unspecified atom stereocenters. The lowest BCUT2D eigenvalue weighted by molar-refractivity contribution is -0.138. The second kappa shape index (κ2) is 5.61. The molecule has 2 rings (SSSR count). The number of carbonyl (C=O) groups excluding carboxylic acids is 1. The number of aromatic nitrogens is 2. The third-order valence-corrected chi connectivity index (χ3v) is 3.02. The molecule has 1 aromatic heterocycles. The van der Waals surface area contributed by atoms with Gasteiger partial charge in [0.1, 0.15) is 12.6 Å². The highest BCUT2D eigenvalue weighted by atomic mass is 16.4. The van der Waals surface area contributed by atoms with Gasteiger partial charge >= 0.3 is 11.7 Å². The Kier molecular flexibility index (Phi) is 3.88. The van der Waals surface area contributed by atoms with Gasteiger partial charge in [-0.05, 0) is 19.1 Å². The van der Waals surface area contributed by atoms with E-state index in [0.717, 1.165) is 4.57 Å². The van der Waals surface area contributed by atoms with Gasteiger partial charge in [0, 0.05) is 0 Å². The number of nitrogens with zero attached hydrogens (tertiary/aromatic N) is 1. The number of carboxylic acid groups (broad SMARTS) is 1. The highest BCUT2D eigenvalue weighted by Gasteiger charge is 2.20. The lowest BCUT2D eigenvalue weighted by atomic mass is 10.2. The number of amides is 1. The van der Waals surface area contributed by atoms with E-state index in [1.807, 2.05) is 0 Å². The summed E-state index contributed by atoms with van der Waals surface area (Å²) in [6.45, 7) is 0.770. The molecule has 0 spiro atoms. The number of carboxylic acids is 1. The minimum absolute atomic E-state index is 0.273. The van der Waals surface area contributed by atoms with Crippen LogP contribution in [0.3, 0.4) is 0 Å². The van der Waals surface area contributed by atoms with E-state index in [1.165, 1.54) is 13.0 Å². The van der Waals surface area contributed by atoms with E-state index in [-0.39, 0.29) is 5.39 Å². The van der Waals surface area contributed by atoms with E-state index in [0.29, 0.717) is 5.52 Å². The van der Waals surface area contributed by atoms with Gasteiger partial charge in [0.2, 0.25) is 5.91 Å². The van der Waals surface area contributed by atoms with E-state index in [4.69, 9.17) is 5.11 Å². The van der Waals surface area contributed by atoms with Gasteiger partial charge in [0.05, 0.1) is 10.9 Å². The highest BCUT2D eigenvalue weighted by Crippen LogP contribution is 2.05. The van der Waals surface area contributed by atoms with Crippen LogP contribution in [0.1, 0.15) is 13.0 Å². The van der Waals surface area contributed by atoms with Gasteiger partial charge in [-0.3, -0.25) is 14.4 Å². The van der Waals surface area contributed by atoms with E-state index >= 15 is 0 Å². The molecule has 1 amide bonds. The van der Waals surface area contributed by atoms with Crippen LogP contribution >= 0.6 is 0 Å². The van der Waals surface area contributed by atoms with Crippen LogP contribution in [0, 0.1) is 0 Å². The van der Waals surface area contributed by atoms with Crippen LogP contribution in [0.5, 0.6) is 0 Å². The quantitative estimate of drug-likeness (QED) is 0.698. The van der Waals surface area contributed by atoms with Crippen molar-refractivity contribution in [3.63, 3.8) is 0 Å². The van der Waals surface area contributed by atoms with Crippen LogP contribution < -0.4 is 16.6 Å². The molecule has 0 saturated carbocycles. The zero-order valence-corrected chi connectivity index (χ0v) is 11.1. The first-order valence-corrected chi connectivity index (χ1v) is 6.15. The number of hydrogen-bond donors (Lipinski definition) is 3. The molecule has 8 nitrogen and oxygen atoms in total. The van der Waals surface area contributed by atoms with Gasteiger partial charge < -0.3 is 15.4 Å².